The summed E-state index contributed by atoms with van der Waals surface area (Å²) in [5.41, 5.74) is 1.59. The van der Waals surface area contributed by atoms with E-state index < -0.39 is 6.04 Å². The molecule has 2 atom stereocenters. The maximum absolute atomic E-state index is 12.5. The van der Waals surface area contributed by atoms with Gasteiger partial charge in [0.15, 0.2) is 0 Å². The molecule has 5 nitrogen and oxygen atoms in total. The molecule has 2 N–H and O–H groups in total. The maximum atomic E-state index is 12.5. The Hall–Kier alpha value is -2.24. The van der Waals surface area contributed by atoms with Crippen molar-refractivity contribution in [3.05, 3.63) is 63.6 Å². The third kappa shape index (κ3) is 6.15. The number of rotatable bonds is 7. The third-order valence-electron chi connectivity index (χ3n) is 4.09. The minimum atomic E-state index is -0.443. The van der Waals surface area contributed by atoms with Crippen molar-refractivity contribution in [3.8, 4) is 5.75 Å². The molecule has 7 heteroatoms. The van der Waals surface area contributed by atoms with Gasteiger partial charge in [-0.05, 0) is 42.3 Å². The second-order valence-corrected chi connectivity index (χ2v) is 7.03. The van der Waals surface area contributed by atoms with Gasteiger partial charge in [0, 0.05) is 17.0 Å². The SMILES string of the molecule is COc1ccc(C(CC(=O)NC(C)c2ccc(Cl)cc2Cl)NC(C)=O)cc1. The van der Waals surface area contributed by atoms with Gasteiger partial charge in [0.1, 0.15) is 5.75 Å². The fraction of sp³-hybridized carbons (Fsp3) is 0.300. The van der Waals surface area contributed by atoms with Gasteiger partial charge in [0.2, 0.25) is 11.8 Å². The molecular formula is C20H22Cl2N2O3. The molecule has 0 spiro atoms. The summed E-state index contributed by atoms with van der Waals surface area (Å²) < 4.78 is 5.14. The number of carbonyl (C=O) groups is 2. The maximum Gasteiger partial charge on any atom is 0.222 e. The molecule has 2 unspecified atom stereocenters. The molecule has 0 saturated carbocycles. The number of amides is 2. The molecule has 0 heterocycles. The highest BCUT2D eigenvalue weighted by molar-refractivity contribution is 6.35. The second-order valence-electron chi connectivity index (χ2n) is 6.19. The minimum Gasteiger partial charge on any atom is -0.497 e. The van der Waals surface area contributed by atoms with Crippen LogP contribution in [0.4, 0.5) is 0 Å². The molecule has 2 aromatic carbocycles. The summed E-state index contributed by atoms with van der Waals surface area (Å²) in [6, 6.07) is 11.6. The summed E-state index contributed by atoms with van der Waals surface area (Å²) >= 11 is 12.1. The zero-order valence-corrected chi connectivity index (χ0v) is 16.9. The largest absolute Gasteiger partial charge is 0.497 e. The number of ether oxygens (including phenoxy) is 1. The highest BCUT2D eigenvalue weighted by Gasteiger charge is 2.19. The lowest BCUT2D eigenvalue weighted by molar-refractivity contribution is -0.123. The van der Waals surface area contributed by atoms with Crippen LogP contribution < -0.4 is 15.4 Å². The van der Waals surface area contributed by atoms with Crippen molar-refractivity contribution in [2.24, 2.45) is 0 Å². The lowest BCUT2D eigenvalue weighted by Gasteiger charge is -2.21. The number of carbonyl (C=O) groups excluding carboxylic acids is 2. The van der Waals surface area contributed by atoms with Gasteiger partial charge in [-0.3, -0.25) is 9.59 Å². The van der Waals surface area contributed by atoms with Crippen LogP contribution in [0.1, 0.15) is 43.5 Å². The fourth-order valence-corrected chi connectivity index (χ4v) is 3.32. The Labute approximate surface area is 169 Å². The molecule has 0 aliphatic rings. The Bertz CT molecular complexity index is 809. The van der Waals surface area contributed by atoms with Gasteiger partial charge in [-0.25, -0.2) is 0 Å². The number of nitrogens with one attached hydrogen (secondary N) is 2. The summed E-state index contributed by atoms with van der Waals surface area (Å²) in [5, 5.41) is 6.75. The zero-order chi connectivity index (χ0) is 20.0. The van der Waals surface area contributed by atoms with E-state index in [-0.39, 0.29) is 24.3 Å². The van der Waals surface area contributed by atoms with Crippen molar-refractivity contribution < 1.29 is 14.3 Å². The Kier molecular flexibility index (Phi) is 7.51. The first kappa shape index (κ1) is 21.1. The number of methoxy groups -OCH3 is 1. The van der Waals surface area contributed by atoms with E-state index in [0.29, 0.717) is 15.8 Å². The van der Waals surface area contributed by atoms with Crippen molar-refractivity contribution in [3.63, 3.8) is 0 Å². The summed E-state index contributed by atoms with van der Waals surface area (Å²) in [7, 11) is 1.58. The van der Waals surface area contributed by atoms with Crippen LogP contribution >= 0.6 is 23.2 Å². The molecule has 2 aromatic rings. The van der Waals surface area contributed by atoms with Crippen LogP contribution in [0.25, 0.3) is 0 Å². The number of halogens is 2. The molecule has 2 amide bonds. The van der Waals surface area contributed by atoms with Gasteiger partial charge >= 0.3 is 0 Å². The number of hydrogen-bond donors (Lipinski definition) is 2. The van der Waals surface area contributed by atoms with Gasteiger partial charge < -0.3 is 15.4 Å². The van der Waals surface area contributed by atoms with Gasteiger partial charge in [-0.2, -0.15) is 0 Å². The van der Waals surface area contributed by atoms with Gasteiger partial charge in [0.05, 0.1) is 25.6 Å². The van der Waals surface area contributed by atoms with Crippen LogP contribution in [-0.4, -0.2) is 18.9 Å². The van der Waals surface area contributed by atoms with E-state index in [9.17, 15) is 9.59 Å². The molecule has 0 radical (unpaired) electrons. The molecule has 0 bridgehead atoms. The monoisotopic (exact) mass is 408 g/mol. The highest BCUT2D eigenvalue weighted by Crippen LogP contribution is 2.27. The molecule has 0 saturated heterocycles. The molecule has 2 rings (SSSR count). The normalized spacial score (nSPS) is 12.8. The van der Waals surface area contributed by atoms with E-state index >= 15 is 0 Å². The molecule has 144 valence electrons. The third-order valence-corrected chi connectivity index (χ3v) is 4.65. The number of hydrogen-bond acceptors (Lipinski definition) is 3. The molecular weight excluding hydrogens is 387 g/mol. The predicted octanol–water partition coefficient (Wildman–Crippen LogP) is 4.45. The molecule has 0 aliphatic carbocycles. The van der Waals surface area contributed by atoms with Crippen LogP contribution in [0.15, 0.2) is 42.5 Å². The Morgan fingerprint density at radius 3 is 2.30 bits per heavy atom. The fourth-order valence-electron chi connectivity index (χ4n) is 2.75. The lowest BCUT2D eigenvalue weighted by atomic mass is 10.0. The Morgan fingerprint density at radius 1 is 1.07 bits per heavy atom. The van der Waals surface area contributed by atoms with Crippen LogP contribution in [0.2, 0.25) is 10.0 Å². The van der Waals surface area contributed by atoms with E-state index in [0.717, 1.165) is 11.1 Å². The Morgan fingerprint density at radius 2 is 1.74 bits per heavy atom. The van der Waals surface area contributed by atoms with Gasteiger partial charge in [0.25, 0.3) is 0 Å². The van der Waals surface area contributed by atoms with E-state index in [1.807, 2.05) is 19.1 Å². The standard InChI is InChI=1S/C20H22Cl2N2O3/c1-12(17-9-6-15(21)10-18(17)22)23-20(26)11-19(24-13(2)25)14-4-7-16(27-3)8-5-14/h4-10,12,19H,11H2,1-3H3,(H,23,26)(H,24,25). The van der Waals surface area contributed by atoms with E-state index in [2.05, 4.69) is 10.6 Å². The quantitative estimate of drug-likeness (QED) is 0.710. The molecule has 0 aromatic heterocycles. The number of benzene rings is 2. The van der Waals surface area contributed by atoms with Crippen LogP contribution in [0, 0.1) is 0 Å². The second kappa shape index (κ2) is 9.62. The van der Waals surface area contributed by atoms with Crippen molar-refractivity contribution in [1.82, 2.24) is 10.6 Å². The van der Waals surface area contributed by atoms with E-state index in [1.54, 1.807) is 37.4 Å². The topological polar surface area (TPSA) is 67.4 Å². The van der Waals surface area contributed by atoms with Crippen LogP contribution in [-0.2, 0) is 9.59 Å². The first-order valence-electron chi connectivity index (χ1n) is 8.45. The average molecular weight is 409 g/mol. The minimum absolute atomic E-state index is 0.0987. The average Bonchev–Trinajstić information content (AvgIpc) is 2.60. The van der Waals surface area contributed by atoms with Crippen molar-refractivity contribution in [2.75, 3.05) is 7.11 Å². The van der Waals surface area contributed by atoms with Crippen molar-refractivity contribution in [1.29, 1.82) is 0 Å². The van der Waals surface area contributed by atoms with E-state index in [1.165, 1.54) is 6.92 Å². The summed E-state index contributed by atoms with van der Waals surface area (Å²) in [4.78, 5) is 24.1. The smallest absolute Gasteiger partial charge is 0.222 e. The zero-order valence-electron chi connectivity index (χ0n) is 15.4. The first-order valence-corrected chi connectivity index (χ1v) is 9.21. The summed E-state index contributed by atoms with van der Waals surface area (Å²) in [6.45, 7) is 3.26. The van der Waals surface area contributed by atoms with Crippen molar-refractivity contribution in [2.45, 2.75) is 32.4 Å². The lowest BCUT2D eigenvalue weighted by Crippen LogP contribution is -2.33. The highest BCUT2D eigenvalue weighted by atomic mass is 35.5. The van der Waals surface area contributed by atoms with Gasteiger partial charge in [-0.15, -0.1) is 0 Å². The van der Waals surface area contributed by atoms with Crippen LogP contribution in [0.5, 0.6) is 5.75 Å². The summed E-state index contributed by atoms with van der Waals surface area (Å²) in [6.07, 6.45) is 0.0987. The predicted molar refractivity (Wildman–Crippen MR) is 107 cm³/mol. The van der Waals surface area contributed by atoms with Gasteiger partial charge in [-0.1, -0.05) is 41.4 Å². The summed E-state index contributed by atoms with van der Waals surface area (Å²) in [5.74, 6) is 0.288. The first-order chi connectivity index (χ1) is 12.8. The molecule has 27 heavy (non-hydrogen) atoms. The molecule has 0 aliphatic heterocycles. The molecule has 0 fully saturated rings. The Balaban J connectivity index is 2.09. The van der Waals surface area contributed by atoms with Crippen molar-refractivity contribution >= 4 is 35.0 Å². The van der Waals surface area contributed by atoms with E-state index in [4.69, 9.17) is 27.9 Å². The van der Waals surface area contributed by atoms with Crippen LogP contribution in [0.3, 0.4) is 0 Å².